The number of anilines is 1. The van der Waals surface area contributed by atoms with E-state index in [0.717, 1.165) is 19.3 Å². The lowest BCUT2D eigenvalue weighted by molar-refractivity contribution is -0.122. The molecular weight excluding hydrogens is 266 g/mol. The third kappa shape index (κ3) is 2.28. The van der Waals surface area contributed by atoms with Crippen LogP contribution >= 0.6 is 0 Å². The molecule has 0 radical (unpaired) electrons. The molecule has 0 unspecified atom stereocenters. The minimum atomic E-state index is -0.178. The Labute approximate surface area is 124 Å². The lowest BCUT2D eigenvalue weighted by atomic mass is 9.76. The van der Waals surface area contributed by atoms with Crippen molar-refractivity contribution in [2.75, 3.05) is 4.90 Å². The highest BCUT2D eigenvalue weighted by molar-refractivity contribution is 6.22. The predicted molar refractivity (Wildman–Crippen MR) is 78.9 cm³/mol. The first-order valence-electron chi connectivity index (χ1n) is 7.48. The zero-order valence-electron chi connectivity index (χ0n) is 12.3. The van der Waals surface area contributed by atoms with Gasteiger partial charge in [0.25, 0.3) is 0 Å². The highest BCUT2D eigenvalue weighted by Crippen LogP contribution is 2.42. The van der Waals surface area contributed by atoms with Crippen molar-refractivity contribution in [1.82, 2.24) is 0 Å². The van der Waals surface area contributed by atoms with Gasteiger partial charge in [0, 0.05) is 5.56 Å². The summed E-state index contributed by atoms with van der Waals surface area (Å²) in [5.74, 6) is -0.125. The molecule has 3 rings (SSSR count). The van der Waals surface area contributed by atoms with Gasteiger partial charge in [0.05, 0.1) is 17.5 Å². The smallest absolute Gasteiger partial charge is 0.237 e. The van der Waals surface area contributed by atoms with E-state index in [-0.39, 0.29) is 29.4 Å². The van der Waals surface area contributed by atoms with Gasteiger partial charge in [-0.15, -0.1) is 0 Å². The van der Waals surface area contributed by atoms with Crippen LogP contribution < -0.4 is 4.90 Å². The van der Waals surface area contributed by atoms with E-state index in [1.54, 1.807) is 24.3 Å². The summed E-state index contributed by atoms with van der Waals surface area (Å²) in [7, 11) is 0. The quantitative estimate of drug-likeness (QED) is 0.620. The molecule has 1 aromatic carbocycles. The molecule has 2 aliphatic rings. The molecule has 0 aromatic heterocycles. The van der Waals surface area contributed by atoms with Crippen molar-refractivity contribution in [3.8, 4) is 0 Å². The van der Waals surface area contributed by atoms with Crippen molar-refractivity contribution >= 4 is 23.3 Å². The topological polar surface area (TPSA) is 54.5 Å². The third-order valence-electron chi connectivity index (χ3n) is 4.70. The van der Waals surface area contributed by atoms with Crippen molar-refractivity contribution in [2.24, 2.45) is 17.8 Å². The number of hydrogen-bond acceptors (Lipinski definition) is 3. The SMILES string of the molecule is CC(=O)c1cccc(N2C(=O)[C@H]3C[C@@H](C)CC[C@H]3C2=O)c1. The molecule has 1 aliphatic carbocycles. The van der Waals surface area contributed by atoms with Gasteiger partial charge in [-0.05, 0) is 44.2 Å². The highest BCUT2D eigenvalue weighted by Gasteiger charge is 2.49. The molecule has 3 atom stereocenters. The number of ketones is 1. The Morgan fingerprint density at radius 3 is 2.57 bits per heavy atom. The lowest BCUT2D eigenvalue weighted by Crippen LogP contribution is -2.31. The summed E-state index contributed by atoms with van der Waals surface area (Å²) in [6.07, 6.45) is 2.58. The van der Waals surface area contributed by atoms with Crippen LogP contribution in [0.2, 0.25) is 0 Å². The zero-order chi connectivity index (χ0) is 15.1. The fraction of sp³-hybridized carbons (Fsp3) is 0.471. The first kappa shape index (κ1) is 14.0. The van der Waals surface area contributed by atoms with Gasteiger partial charge in [0.2, 0.25) is 11.8 Å². The largest absolute Gasteiger partial charge is 0.295 e. The summed E-state index contributed by atoms with van der Waals surface area (Å²) in [6.45, 7) is 3.61. The Morgan fingerprint density at radius 1 is 1.14 bits per heavy atom. The second-order valence-electron chi connectivity index (χ2n) is 6.25. The normalized spacial score (nSPS) is 28.7. The molecule has 4 nitrogen and oxygen atoms in total. The molecule has 1 aliphatic heterocycles. The minimum absolute atomic E-state index is 0.0676. The minimum Gasteiger partial charge on any atom is -0.295 e. The van der Waals surface area contributed by atoms with Crippen molar-refractivity contribution in [2.45, 2.75) is 33.1 Å². The molecular formula is C17H19NO3. The Hall–Kier alpha value is -1.97. The van der Waals surface area contributed by atoms with Crippen LogP contribution in [0.5, 0.6) is 0 Å². The Bertz CT molecular complexity index is 622. The number of carbonyl (C=O) groups is 3. The highest BCUT2D eigenvalue weighted by atomic mass is 16.2. The molecule has 2 amide bonds. The average molecular weight is 285 g/mol. The van der Waals surface area contributed by atoms with E-state index in [9.17, 15) is 14.4 Å². The van der Waals surface area contributed by atoms with Crippen molar-refractivity contribution in [3.05, 3.63) is 29.8 Å². The fourth-order valence-electron chi connectivity index (χ4n) is 3.51. The lowest BCUT2D eigenvalue weighted by Gasteiger charge is -2.25. The van der Waals surface area contributed by atoms with E-state index >= 15 is 0 Å². The number of nitrogens with zero attached hydrogens (tertiary/aromatic N) is 1. The molecule has 0 spiro atoms. The van der Waals surface area contributed by atoms with Crippen LogP contribution in [0.25, 0.3) is 0 Å². The molecule has 1 heterocycles. The summed E-state index contributed by atoms with van der Waals surface area (Å²) in [4.78, 5) is 37.9. The summed E-state index contributed by atoms with van der Waals surface area (Å²) >= 11 is 0. The fourth-order valence-corrected chi connectivity index (χ4v) is 3.51. The van der Waals surface area contributed by atoms with Gasteiger partial charge in [-0.25, -0.2) is 0 Å². The van der Waals surface area contributed by atoms with Crippen LogP contribution in [0.3, 0.4) is 0 Å². The Morgan fingerprint density at radius 2 is 1.86 bits per heavy atom. The Balaban J connectivity index is 1.95. The summed E-state index contributed by atoms with van der Waals surface area (Å²) < 4.78 is 0. The Kier molecular flexibility index (Phi) is 3.40. The summed E-state index contributed by atoms with van der Waals surface area (Å²) in [6, 6.07) is 6.78. The third-order valence-corrected chi connectivity index (χ3v) is 4.70. The van der Waals surface area contributed by atoms with E-state index in [1.165, 1.54) is 11.8 Å². The van der Waals surface area contributed by atoms with E-state index in [4.69, 9.17) is 0 Å². The van der Waals surface area contributed by atoms with Gasteiger partial charge in [-0.1, -0.05) is 19.1 Å². The molecule has 1 saturated heterocycles. The van der Waals surface area contributed by atoms with Gasteiger partial charge >= 0.3 is 0 Å². The van der Waals surface area contributed by atoms with Crippen molar-refractivity contribution in [1.29, 1.82) is 0 Å². The van der Waals surface area contributed by atoms with Gasteiger partial charge in [-0.2, -0.15) is 0 Å². The number of amides is 2. The number of carbonyl (C=O) groups excluding carboxylic acids is 3. The standard InChI is InChI=1S/C17H19NO3/c1-10-6-7-14-15(8-10)17(21)18(16(14)20)13-5-3-4-12(9-13)11(2)19/h3-5,9-10,14-15H,6-8H2,1-2H3/t10-,14+,15-/m0/s1. The molecule has 1 aromatic rings. The summed E-state index contributed by atoms with van der Waals surface area (Å²) in [5, 5.41) is 0. The van der Waals surface area contributed by atoms with Gasteiger partial charge in [-0.3, -0.25) is 19.3 Å². The maximum atomic E-state index is 12.6. The second-order valence-corrected chi connectivity index (χ2v) is 6.25. The molecule has 1 saturated carbocycles. The monoisotopic (exact) mass is 285 g/mol. The summed E-state index contributed by atoms with van der Waals surface area (Å²) in [5.41, 5.74) is 1.05. The average Bonchev–Trinajstić information content (AvgIpc) is 2.70. The first-order valence-corrected chi connectivity index (χ1v) is 7.48. The van der Waals surface area contributed by atoms with E-state index in [0.29, 0.717) is 17.2 Å². The van der Waals surface area contributed by atoms with Crippen LogP contribution in [0.15, 0.2) is 24.3 Å². The van der Waals surface area contributed by atoms with Crippen LogP contribution in [0.4, 0.5) is 5.69 Å². The van der Waals surface area contributed by atoms with E-state index < -0.39 is 0 Å². The first-order chi connectivity index (χ1) is 9.99. The molecule has 4 heteroatoms. The zero-order valence-corrected chi connectivity index (χ0v) is 12.3. The molecule has 110 valence electrons. The van der Waals surface area contributed by atoms with Gasteiger partial charge in [0.15, 0.2) is 5.78 Å². The van der Waals surface area contributed by atoms with E-state index in [1.807, 2.05) is 0 Å². The van der Waals surface area contributed by atoms with Crippen LogP contribution in [0, 0.1) is 17.8 Å². The second kappa shape index (κ2) is 5.10. The maximum absolute atomic E-state index is 12.6. The van der Waals surface area contributed by atoms with Crippen molar-refractivity contribution in [3.63, 3.8) is 0 Å². The number of benzene rings is 1. The molecule has 0 bridgehead atoms. The van der Waals surface area contributed by atoms with Crippen LogP contribution in [-0.2, 0) is 9.59 Å². The molecule has 21 heavy (non-hydrogen) atoms. The molecule has 0 N–H and O–H groups in total. The van der Waals surface area contributed by atoms with Crippen LogP contribution in [-0.4, -0.2) is 17.6 Å². The number of imide groups is 1. The maximum Gasteiger partial charge on any atom is 0.237 e. The predicted octanol–water partition coefficient (Wildman–Crippen LogP) is 2.81. The van der Waals surface area contributed by atoms with E-state index in [2.05, 4.69) is 6.92 Å². The number of Topliss-reactive ketones (excluding diaryl/α,β-unsaturated/α-hetero) is 1. The van der Waals surface area contributed by atoms with Gasteiger partial charge in [0.1, 0.15) is 0 Å². The number of fused-ring (bicyclic) bond motifs is 1. The van der Waals surface area contributed by atoms with Gasteiger partial charge < -0.3 is 0 Å². The number of rotatable bonds is 2. The molecule has 2 fully saturated rings. The van der Waals surface area contributed by atoms with Crippen molar-refractivity contribution < 1.29 is 14.4 Å². The van der Waals surface area contributed by atoms with Crippen LogP contribution in [0.1, 0.15) is 43.5 Å². The number of hydrogen-bond donors (Lipinski definition) is 0.